The van der Waals surface area contributed by atoms with Crippen molar-refractivity contribution < 1.29 is 30.1 Å². The Bertz CT molecular complexity index is 4160. The molecule has 93 heavy (non-hydrogen) atoms. The number of aliphatic imine (C=N–C) groups is 3. The predicted octanol–water partition coefficient (Wildman–Crippen LogP) is 20.8. The zero-order valence-corrected chi connectivity index (χ0v) is 52.2. The molecule has 0 bridgehead atoms. The standard InChI is InChI=1S/C69H54N12O9S3/c1-43-58(40-91-67-13-7-4-10-61(67)70-37-46-34-52(22-31-64(46)82)76-73-49-16-25-55(26-17-49)79(85)86)44(2)60(42-93-69-15-9-6-12-63(69)72-39-48-36-54(24-33-66(48)84)78-75-51-20-29-57(30-21-51)81(89)90)45(3)59(43)41-92-68-14-8-5-11-62(68)71-38-47-35-53(23-32-65(47)83)77-74-50-18-27-56(28-19-50)80(87)88/h4-39,82-84H,40-42H2,1-3H3. The van der Waals surface area contributed by atoms with Gasteiger partial charge in [-0.05, 0) is 182 Å². The van der Waals surface area contributed by atoms with E-state index in [1.165, 1.54) is 91.0 Å². The first-order chi connectivity index (χ1) is 45.0. The number of benzene rings is 10. The Morgan fingerprint density at radius 2 is 0.581 bits per heavy atom. The van der Waals surface area contributed by atoms with Crippen molar-refractivity contribution >= 4 is 122 Å². The van der Waals surface area contributed by atoms with Crippen LogP contribution in [0.2, 0.25) is 0 Å². The third-order valence-electron chi connectivity index (χ3n) is 14.5. The van der Waals surface area contributed by atoms with Crippen LogP contribution >= 0.6 is 35.3 Å². The minimum absolute atomic E-state index is 0.0103. The molecule has 0 aliphatic rings. The van der Waals surface area contributed by atoms with E-state index in [-0.39, 0.29) is 34.3 Å². The number of thioether (sulfide) groups is 3. The number of hydrogen-bond donors (Lipinski definition) is 3. The lowest BCUT2D eigenvalue weighted by molar-refractivity contribution is -0.385. The smallest absolute Gasteiger partial charge is 0.269 e. The molecule has 10 aromatic carbocycles. The molecule has 462 valence electrons. The Hall–Kier alpha value is -11.3. The monoisotopic (exact) mass is 1290 g/mol. The van der Waals surface area contributed by atoms with E-state index in [0.29, 0.717) is 85.1 Å². The Morgan fingerprint density at radius 3 is 0.839 bits per heavy atom. The summed E-state index contributed by atoms with van der Waals surface area (Å²) in [7, 11) is 0. The van der Waals surface area contributed by atoms with Crippen molar-refractivity contribution in [3.63, 3.8) is 0 Å². The van der Waals surface area contributed by atoms with E-state index in [4.69, 9.17) is 15.0 Å². The van der Waals surface area contributed by atoms with Gasteiger partial charge in [0.15, 0.2) is 0 Å². The highest BCUT2D eigenvalue weighted by atomic mass is 32.2. The van der Waals surface area contributed by atoms with Crippen LogP contribution in [0.5, 0.6) is 17.2 Å². The van der Waals surface area contributed by atoms with Gasteiger partial charge in [-0.25, -0.2) is 0 Å². The van der Waals surface area contributed by atoms with E-state index in [9.17, 15) is 45.7 Å². The number of rotatable bonds is 24. The minimum Gasteiger partial charge on any atom is -0.507 e. The highest BCUT2D eigenvalue weighted by molar-refractivity contribution is 7.99. The molecule has 10 rings (SSSR count). The normalized spacial score (nSPS) is 11.8. The summed E-state index contributed by atoms with van der Waals surface area (Å²) in [5, 5.41) is 91.7. The van der Waals surface area contributed by atoms with Crippen LogP contribution in [0.4, 0.5) is 68.2 Å². The average Bonchev–Trinajstić information content (AvgIpc) is 0.817. The van der Waals surface area contributed by atoms with Crippen LogP contribution in [0.25, 0.3) is 0 Å². The molecule has 0 saturated heterocycles. The molecule has 0 saturated carbocycles. The van der Waals surface area contributed by atoms with E-state index in [0.717, 1.165) is 48.1 Å². The molecule has 3 N–H and O–H groups in total. The molecule has 24 heteroatoms. The van der Waals surface area contributed by atoms with Gasteiger partial charge in [-0.1, -0.05) is 36.4 Å². The van der Waals surface area contributed by atoms with Crippen LogP contribution in [0.15, 0.2) is 261 Å². The number of hydrogen-bond acceptors (Lipinski definition) is 21. The molecule has 0 aliphatic carbocycles. The summed E-state index contributed by atoms with van der Waals surface area (Å²) >= 11 is 4.93. The lowest BCUT2D eigenvalue weighted by Crippen LogP contribution is -2.06. The van der Waals surface area contributed by atoms with Crippen LogP contribution in [0.1, 0.15) is 50.1 Å². The molecule has 0 atom stereocenters. The summed E-state index contributed by atoms with van der Waals surface area (Å²) in [6.07, 6.45) is 4.73. The maximum Gasteiger partial charge on any atom is 0.269 e. The van der Waals surface area contributed by atoms with Crippen LogP contribution < -0.4 is 0 Å². The van der Waals surface area contributed by atoms with Gasteiger partial charge in [0, 0.05) is 104 Å². The van der Waals surface area contributed by atoms with Crippen molar-refractivity contribution in [3.05, 3.63) is 281 Å². The molecule has 0 spiro atoms. The number of nitro groups is 3. The molecular weight excluding hydrogens is 1240 g/mol. The Kier molecular flexibility index (Phi) is 21.2. The fraction of sp³-hybridized carbons (Fsp3) is 0.0870. The lowest BCUT2D eigenvalue weighted by atomic mass is 9.90. The molecule has 0 aromatic heterocycles. The van der Waals surface area contributed by atoms with Crippen LogP contribution in [0.3, 0.4) is 0 Å². The predicted molar refractivity (Wildman–Crippen MR) is 367 cm³/mol. The summed E-state index contributed by atoms with van der Waals surface area (Å²) in [6.45, 7) is 6.48. The summed E-state index contributed by atoms with van der Waals surface area (Å²) < 4.78 is 0. The average molecular weight is 1290 g/mol. The van der Waals surface area contributed by atoms with Gasteiger partial charge in [0.05, 0.1) is 66.0 Å². The van der Waals surface area contributed by atoms with Crippen molar-refractivity contribution in [3.8, 4) is 17.2 Å². The van der Waals surface area contributed by atoms with Gasteiger partial charge in [-0.3, -0.25) is 45.3 Å². The number of aromatic hydroxyl groups is 3. The van der Waals surface area contributed by atoms with E-state index in [1.54, 1.807) is 90.3 Å². The third kappa shape index (κ3) is 16.9. The van der Waals surface area contributed by atoms with Crippen molar-refractivity contribution in [2.75, 3.05) is 0 Å². The number of nitrogens with zero attached hydrogens (tertiary/aromatic N) is 12. The number of azo groups is 3. The zero-order valence-electron chi connectivity index (χ0n) is 49.8. The fourth-order valence-electron chi connectivity index (χ4n) is 9.36. The molecular formula is C69H54N12O9S3. The molecule has 0 aliphatic heterocycles. The van der Waals surface area contributed by atoms with Gasteiger partial charge in [0.1, 0.15) is 17.2 Å². The molecule has 0 fully saturated rings. The maximum atomic E-state index is 11.1. The summed E-state index contributed by atoms with van der Waals surface area (Å²) in [5.74, 6) is 1.71. The second-order valence-electron chi connectivity index (χ2n) is 20.5. The van der Waals surface area contributed by atoms with E-state index in [2.05, 4.69) is 51.5 Å². The number of para-hydroxylation sites is 3. The van der Waals surface area contributed by atoms with Crippen molar-refractivity contribution in [1.29, 1.82) is 0 Å². The highest BCUT2D eigenvalue weighted by Crippen LogP contribution is 2.42. The number of phenolic OH excluding ortho intramolecular Hbond substituents is 3. The van der Waals surface area contributed by atoms with Crippen molar-refractivity contribution in [2.45, 2.75) is 52.7 Å². The van der Waals surface area contributed by atoms with Crippen LogP contribution in [0, 0.1) is 51.1 Å². The quantitative estimate of drug-likeness (QED) is 0.0167. The van der Waals surface area contributed by atoms with E-state index in [1.807, 2.05) is 72.8 Å². The second-order valence-corrected chi connectivity index (χ2v) is 23.6. The first kappa shape index (κ1) is 64.6. The van der Waals surface area contributed by atoms with Gasteiger partial charge in [0.25, 0.3) is 17.1 Å². The van der Waals surface area contributed by atoms with Crippen molar-refractivity contribution in [2.24, 2.45) is 45.7 Å². The largest absolute Gasteiger partial charge is 0.507 e. The van der Waals surface area contributed by atoms with Crippen LogP contribution in [-0.2, 0) is 17.3 Å². The molecule has 10 aromatic rings. The van der Waals surface area contributed by atoms with E-state index >= 15 is 0 Å². The molecule has 21 nitrogen and oxygen atoms in total. The fourth-order valence-corrected chi connectivity index (χ4v) is 12.9. The second kappa shape index (κ2) is 30.4. The molecule has 0 radical (unpaired) electrons. The van der Waals surface area contributed by atoms with Gasteiger partial charge < -0.3 is 15.3 Å². The van der Waals surface area contributed by atoms with Gasteiger partial charge in [0.2, 0.25) is 0 Å². The Morgan fingerprint density at radius 1 is 0.344 bits per heavy atom. The van der Waals surface area contributed by atoms with Gasteiger partial charge in [-0.15, -0.1) is 35.3 Å². The molecule has 0 heterocycles. The molecule has 0 unspecified atom stereocenters. The number of nitro benzene ring substituents is 3. The highest BCUT2D eigenvalue weighted by Gasteiger charge is 2.20. The van der Waals surface area contributed by atoms with Gasteiger partial charge in [-0.2, -0.15) is 30.7 Å². The van der Waals surface area contributed by atoms with Crippen molar-refractivity contribution in [1.82, 2.24) is 0 Å². The first-order valence-electron chi connectivity index (χ1n) is 28.4. The topological polar surface area (TPSA) is 301 Å². The summed E-state index contributed by atoms with van der Waals surface area (Å²) in [4.78, 5) is 49.2. The number of phenols is 3. The summed E-state index contributed by atoms with van der Waals surface area (Å²) in [6, 6.07) is 54.7. The Labute approximate surface area is 545 Å². The summed E-state index contributed by atoms with van der Waals surface area (Å²) in [5.41, 5.74) is 12.5. The minimum atomic E-state index is -0.486. The molecule has 0 amide bonds. The third-order valence-corrected chi connectivity index (χ3v) is 17.8. The maximum absolute atomic E-state index is 11.1. The first-order valence-corrected chi connectivity index (χ1v) is 31.3. The Balaban J connectivity index is 0.919. The number of non-ortho nitro benzene ring substituents is 3. The zero-order chi connectivity index (χ0) is 65.4. The van der Waals surface area contributed by atoms with Crippen LogP contribution in [-0.4, -0.2) is 48.7 Å². The van der Waals surface area contributed by atoms with E-state index < -0.39 is 14.8 Å². The SMILES string of the molecule is Cc1c(CSc2ccccc2N=Cc2cc(N=Nc3ccc([N+](=O)[O-])cc3)ccc2O)c(C)c(CSc2ccccc2N=Cc2cc(N=Nc3ccc([N+](=O)[O-])cc3)ccc2O)c(C)c1CSc1ccccc1N=Cc1cc(N=Nc2ccc([N+](=O)[O-])cc2)ccc1O. The lowest BCUT2D eigenvalue weighted by Gasteiger charge is -2.23. The van der Waals surface area contributed by atoms with Gasteiger partial charge >= 0.3 is 0 Å².